The fourth-order valence-corrected chi connectivity index (χ4v) is 3.60. The largest absolute Gasteiger partial charge is 0.321 e. The number of halogens is 1. The van der Waals surface area contributed by atoms with Crippen LogP contribution in [-0.4, -0.2) is 24.5 Å². The summed E-state index contributed by atoms with van der Waals surface area (Å²) in [6.07, 6.45) is 0.843. The molecule has 3 rings (SSSR count). The predicted molar refractivity (Wildman–Crippen MR) is 107 cm³/mol. The first kappa shape index (κ1) is 19.1. The molecule has 1 aromatic heterocycles. The van der Waals surface area contributed by atoms with Gasteiger partial charge in [-0.3, -0.25) is 14.6 Å². The Morgan fingerprint density at radius 3 is 2.56 bits per heavy atom. The molecule has 0 saturated heterocycles. The number of nitrogens with one attached hydrogen (secondary N) is 3. The van der Waals surface area contributed by atoms with E-state index in [0.717, 1.165) is 16.5 Å². The molecule has 2 aromatic carbocycles. The van der Waals surface area contributed by atoms with Crippen molar-refractivity contribution in [1.82, 2.24) is 10.2 Å². The molecule has 0 atom stereocenters. The van der Waals surface area contributed by atoms with Gasteiger partial charge < -0.3 is 5.32 Å². The second-order valence-electron chi connectivity index (χ2n) is 5.74. The molecular formula is C18H17BrN4O3S. The highest BCUT2D eigenvalue weighted by Gasteiger charge is 2.20. The predicted octanol–water partition coefficient (Wildman–Crippen LogP) is 3.79. The Morgan fingerprint density at radius 2 is 1.85 bits per heavy atom. The Morgan fingerprint density at radius 1 is 1.11 bits per heavy atom. The van der Waals surface area contributed by atoms with Gasteiger partial charge in [0.25, 0.3) is 15.9 Å². The third-order valence-electron chi connectivity index (χ3n) is 3.77. The molecule has 0 saturated carbocycles. The molecule has 0 fully saturated rings. The maximum Gasteiger partial charge on any atom is 0.278 e. The molecule has 1 heterocycles. The fraction of sp³-hybridized carbons (Fsp3) is 0.111. The molecular weight excluding hydrogens is 432 g/mol. The van der Waals surface area contributed by atoms with E-state index in [4.69, 9.17) is 0 Å². The summed E-state index contributed by atoms with van der Waals surface area (Å²) >= 11 is 3.29. The number of carbonyl (C=O) groups excluding carboxylic acids is 1. The topological polar surface area (TPSA) is 104 Å². The van der Waals surface area contributed by atoms with Crippen molar-refractivity contribution in [3.63, 3.8) is 0 Å². The van der Waals surface area contributed by atoms with Crippen molar-refractivity contribution in [2.75, 3.05) is 10.0 Å². The zero-order valence-corrected chi connectivity index (χ0v) is 16.8. The van der Waals surface area contributed by atoms with Crippen LogP contribution in [0.4, 0.5) is 11.4 Å². The van der Waals surface area contributed by atoms with E-state index in [0.29, 0.717) is 11.4 Å². The van der Waals surface area contributed by atoms with Crippen molar-refractivity contribution in [1.29, 1.82) is 0 Å². The van der Waals surface area contributed by atoms with Gasteiger partial charge in [0.2, 0.25) is 0 Å². The first-order valence-electron chi connectivity index (χ1n) is 8.11. The van der Waals surface area contributed by atoms with Gasteiger partial charge in [0.1, 0.15) is 0 Å². The third-order valence-corrected chi connectivity index (χ3v) is 5.59. The van der Waals surface area contributed by atoms with Gasteiger partial charge in [-0.2, -0.15) is 13.5 Å². The van der Waals surface area contributed by atoms with Gasteiger partial charge in [0, 0.05) is 21.9 Å². The lowest BCUT2D eigenvalue weighted by Gasteiger charge is -2.06. The zero-order valence-electron chi connectivity index (χ0n) is 14.4. The number of sulfonamides is 1. The Balaban J connectivity index is 1.74. The van der Waals surface area contributed by atoms with Crippen LogP contribution in [0.1, 0.15) is 23.0 Å². The summed E-state index contributed by atoms with van der Waals surface area (Å²) < 4.78 is 28.1. The van der Waals surface area contributed by atoms with E-state index in [-0.39, 0.29) is 10.7 Å². The number of amides is 1. The smallest absolute Gasteiger partial charge is 0.278 e. The van der Waals surface area contributed by atoms with Gasteiger partial charge in [0.15, 0.2) is 10.7 Å². The lowest BCUT2D eigenvalue weighted by Crippen LogP contribution is -2.14. The minimum Gasteiger partial charge on any atom is -0.321 e. The average molecular weight is 449 g/mol. The minimum atomic E-state index is -3.89. The number of H-pyrrole nitrogens is 1. The molecule has 0 aliphatic rings. The minimum absolute atomic E-state index is 0.0203. The van der Waals surface area contributed by atoms with Gasteiger partial charge in [0.05, 0.1) is 0 Å². The molecule has 0 aliphatic carbocycles. The van der Waals surface area contributed by atoms with E-state index in [1.165, 1.54) is 6.07 Å². The van der Waals surface area contributed by atoms with Gasteiger partial charge in [-0.15, -0.1) is 0 Å². The van der Waals surface area contributed by atoms with Crippen LogP contribution in [0.25, 0.3) is 0 Å². The molecule has 0 unspecified atom stereocenters. The fourth-order valence-electron chi connectivity index (χ4n) is 2.35. The summed E-state index contributed by atoms with van der Waals surface area (Å²) in [6, 6.07) is 15.3. The van der Waals surface area contributed by atoms with Crippen LogP contribution < -0.4 is 10.0 Å². The summed E-state index contributed by atoms with van der Waals surface area (Å²) in [5.74, 6) is -0.496. The molecule has 0 radical (unpaired) electrons. The van der Waals surface area contributed by atoms with Crippen molar-refractivity contribution in [3.05, 3.63) is 70.3 Å². The molecule has 1 amide bonds. The van der Waals surface area contributed by atoms with Gasteiger partial charge in [-0.05, 0) is 48.4 Å². The maximum absolute atomic E-state index is 12.4. The Hall–Kier alpha value is -2.65. The van der Waals surface area contributed by atoms with E-state index in [9.17, 15) is 13.2 Å². The first-order valence-corrected chi connectivity index (χ1v) is 10.4. The number of anilines is 2. The summed E-state index contributed by atoms with van der Waals surface area (Å²) in [5.41, 5.74) is 2.08. The molecule has 140 valence electrons. The maximum atomic E-state index is 12.4. The lowest BCUT2D eigenvalue weighted by atomic mass is 10.1. The van der Waals surface area contributed by atoms with Crippen LogP contribution in [0.2, 0.25) is 0 Å². The van der Waals surface area contributed by atoms with Crippen molar-refractivity contribution in [2.45, 2.75) is 18.4 Å². The molecule has 27 heavy (non-hydrogen) atoms. The standard InChI is InChI=1S/C18H17BrN4O3S/c1-2-12-4-3-5-15(10-12)20-18(24)16-11-17(22-21-16)27(25,26)23-14-8-6-13(19)7-9-14/h3-11,23H,2H2,1H3,(H,20,24)(H,21,22). The second-order valence-corrected chi connectivity index (χ2v) is 8.30. The number of aromatic amines is 1. The number of benzene rings is 2. The van der Waals surface area contributed by atoms with Crippen molar-refractivity contribution in [2.24, 2.45) is 0 Å². The molecule has 3 N–H and O–H groups in total. The van der Waals surface area contributed by atoms with Crippen molar-refractivity contribution >= 4 is 43.2 Å². The van der Waals surface area contributed by atoms with Crippen molar-refractivity contribution in [3.8, 4) is 0 Å². The van der Waals surface area contributed by atoms with Crippen LogP contribution in [0.3, 0.4) is 0 Å². The van der Waals surface area contributed by atoms with E-state index in [1.807, 2.05) is 25.1 Å². The SMILES string of the molecule is CCc1cccc(NC(=O)c2cc(S(=O)(=O)Nc3ccc(Br)cc3)[nH]n2)c1. The van der Waals surface area contributed by atoms with Gasteiger partial charge in [-0.1, -0.05) is 35.0 Å². The van der Waals surface area contributed by atoms with E-state index >= 15 is 0 Å². The van der Waals surface area contributed by atoms with E-state index in [2.05, 4.69) is 36.2 Å². The molecule has 9 heteroatoms. The number of aryl methyl sites for hydroxylation is 1. The van der Waals surface area contributed by atoms with Crippen LogP contribution in [0.5, 0.6) is 0 Å². The third kappa shape index (κ3) is 4.75. The number of aromatic nitrogens is 2. The van der Waals surface area contributed by atoms with Gasteiger partial charge in [-0.25, -0.2) is 0 Å². The second kappa shape index (κ2) is 7.93. The summed E-state index contributed by atoms with van der Waals surface area (Å²) in [5, 5.41) is 8.72. The summed E-state index contributed by atoms with van der Waals surface area (Å²) in [4.78, 5) is 12.3. The number of nitrogens with zero attached hydrogens (tertiary/aromatic N) is 1. The monoisotopic (exact) mass is 448 g/mol. The van der Waals surface area contributed by atoms with Crippen molar-refractivity contribution < 1.29 is 13.2 Å². The number of rotatable bonds is 6. The Labute approximate surface area is 165 Å². The van der Waals surface area contributed by atoms with Crippen LogP contribution in [-0.2, 0) is 16.4 Å². The Kier molecular flexibility index (Phi) is 5.62. The van der Waals surface area contributed by atoms with E-state index in [1.54, 1.807) is 30.3 Å². The number of carbonyl (C=O) groups is 1. The summed E-state index contributed by atoms with van der Waals surface area (Å²) in [7, 11) is -3.89. The average Bonchev–Trinajstić information content (AvgIpc) is 3.15. The highest BCUT2D eigenvalue weighted by atomic mass is 79.9. The zero-order chi connectivity index (χ0) is 19.4. The van der Waals surface area contributed by atoms with Crippen LogP contribution in [0, 0.1) is 0 Å². The summed E-state index contributed by atoms with van der Waals surface area (Å²) in [6.45, 7) is 2.02. The molecule has 3 aromatic rings. The Bertz CT molecular complexity index is 1060. The van der Waals surface area contributed by atoms with E-state index < -0.39 is 15.9 Å². The molecule has 0 bridgehead atoms. The molecule has 0 aliphatic heterocycles. The first-order chi connectivity index (χ1) is 12.9. The molecule has 7 nitrogen and oxygen atoms in total. The lowest BCUT2D eigenvalue weighted by molar-refractivity contribution is 0.102. The highest BCUT2D eigenvalue weighted by molar-refractivity contribution is 9.10. The quantitative estimate of drug-likeness (QED) is 0.533. The highest BCUT2D eigenvalue weighted by Crippen LogP contribution is 2.19. The normalized spacial score (nSPS) is 11.2. The number of hydrogen-bond donors (Lipinski definition) is 3. The number of hydrogen-bond acceptors (Lipinski definition) is 4. The van der Waals surface area contributed by atoms with Crippen LogP contribution >= 0.6 is 15.9 Å². The molecule has 0 spiro atoms. The van der Waals surface area contributed by atoms with Gasteiger partial charge >= 0.3 is 0 Å². The van der Waals surface area contributed by atoms with Crippen LogP contribution in [0.15, 0.2) is 64.1 Å².